The van der Waals surface area contributed by atoms with E-state index in [9.17, 15) is 0 Å². The summed E-state index contributed by atoms with van der Waals surface area (Å²) in [4.78, 5) is 4.33. The van der Waals surface area contributed by atoms with Gasteiger partial charge in [-0.15, -0.1) is 11.3 Å². The van der Waals surface area contributed by atoms with Gasteiger partial charge in [0, 0.05) is 25.6 Å². The molecule has 0 saturated heterocycles. The van der Waals surface area contributed by atoms with Crippen LogP contribution in [-0.2, 0) is 4.74 Å². The second kappa shape index (κ2) is 6.79. The predicted molar refractivity (Wildman–Crippen MR) is 61.1 cm³/mol. The molecule has 1 aromatic rings. The summed E-state index contributed by atoms with van der Waals surface area (Å²) in [7, 11) is 1.75. The number of nitrogens with zero attached hydrogens (tertiary/aromatic N) is 1. The number of hydrogen-bond donors (Lipinski definition) is 1. The van der Waals surface area contributed by atoms with E-state index in [1.54, 1.807) is 18.4 Å². The lowest BCUT2D eigenvalue weighted by Crippen LogP contribution is -2.01. The van der Waals surface area contributed by atoms with Crippen molar-refractivity contribution in [2.75, 3.05) is 25.6 Å². The fourth-order valence-corrected chi connectivity index (χ4v) is 1.90. The quantitative estimate of drug-likeness (QED) is 0.709. The highest BCUT2D eigenvalue weighted by molar-refractivity contribution is 7.13. The Hall–Kier alpha value is -0.610. The van der Waals surface area contributed by atoms with Gasteiger partial charge in [-0.1, -0.05) is 0 Å². The van der Waals surface area contributed by atoms with Gasteiger partial charge >= 0.3 is 0 Å². The highest BCUT2D eigenvalue weighted by Crippen LogP contribution is 2.14. The first-order chi connectivity index (χ1) is 6.83. The van der Waals surface area contributed by atoms with Crippen molar-refractivity contribution in [3.05, 3.63) is 11.1 Å². The molecule has 0 fully saturated rings. The molecule has 0 atom stereocenters. The Kier molecular flexibility index (Phi) is 5.56. The van der Waals surface area contributed by atoms with E-state index in [4.69, 9.17) is 4.74 Å². The van der Waals surface area contributed by atoms with Crippen LogP contribution in [0.2, 0.25) is 0 Å². The molecule has 0 amide bonds. The summed E-state index contributed by atoms with van der Waals surface area (Å²) >= 11 is 1.67. The molecule has 0 unspecified atom stereocenters. The largest absolute Gasteiger partial charge is 0.385 e. The summed E-state index contributed by atoms with van der Waals surface area (Å²) in [5, 5.41) is 6.41. The number of methoxy groups -OCH3 is 1. The normalized spacial score (nSPS) is 10.4. The number of hydrogen-bond acceptors (Lipinski definition) is 4. The van der Waals surface area contributed by atoms with Crippen LogP contribution in [0.5, 0.6) is 0 Å². The minimum atomic E-state index is 0.871. The van der Waals surface area contributed by atoms with Crippen molar-refractivity contribution < 1.29 is 4.74 Å². The minimum absolute atomic E-state index is 0.871. The molecular formula is C10H18N2OS. The maximum atomic E-state index is 4.98. The van der Waals surface area contributed by atoms with Gasteiger partial charge in [-0.25, -0.2) is 4.98 Å². The summed E-state index contributed by atoms with van der Waals surface area (Å²) in [6, 6.07) is 0. The van der Waals surface area contributed by atoms with Crippen molar-refractivity contribution in [3.63, 3.8) is 0 Å². The van der Waals surface area contributed by atoms with Gasteiger partial charge in [0.1, 0.15) is 0 Å². The maximum absolute atomic E-state index is 4.98. The van der Waals surface area contributed by atoms with E-state index in [1.165, 1.54) is 12.8 Å². The standard InChI is InChI=1S/C10H18N2OS/c1-9-8-14-10(12-9)11-6-4-3-5-7-13-2/h8H,3-7H2,1-2H3,(H,11,12). The Labute approximate surface area is 89.5 Å². The first-order valence-electron chi connectivity index (χ1n) is 4.98. The Morgan fingerprint density at radius 1 is 1.43 bits per heavy atom. The number of rotatable bonds is 7. The van der Waals surface area contributed by atoms with Crippen molar-refractivity contribution in [2.24, 2.45) is 0 Å². The SMILES string of the molecule is COCCCCCNc1nc(C)cs1. The lowest BCUT2D eigenvalue weighted by molar-refractivity contribution is 0.192. The molecule has 1 rings (SSSR count). The first-order valence-corrected chi connectivity index (χ1v) is 5.86. The van der Waals surface area contributed by atoms with Gasteiger partial charge in [-0.3, -0.25) is 0 Å². The average molecular weight is 214 g/mol. The van der Waals surface area contributed by atoms with E-state index in [1.807, 2.05) is 6.92 Å². The van der Waals surface area contributed by atoms with Crippen molar-refractivity contribution >= 4 is 16.5 Å². The van der Waals surface area contributed by atoms with E-state index in [2.05, 4.69) is 15.7 Å². The fraction of sp³-hybridized carbons (Fsp3) is 0.700. The number of unbranched alkanes of at least 4 members (excludes halogenated alkanes) is 2. The maximum Gasteiger partial charge on any atom is 0.182 e. The zero-order valence-corrected chi connectivity index (χ0v) is 9.69. The fourth-order valence-electron chi connectivity index (χ4n) is 1.18. The molecule has 0 bridgehead atoms. The lowest BCUT2D eigenvalue weighted by Gasteiger charge is -2.01. The molecule has 80 valence electrons. The summed E-state index contributed by atoms with van der Waals surface area (Å²) < 4.78 is 4.98. The summed E-state index contributed by atoms with van der Waals surface area (Å²) in [6.45, 7) is 3.90. The highest BCUT2D eigenvalue weighted by atomic mass is 32.1. The summed E-state index contributed by atoms with van der Waals surface area (Å²) in [5.41, 5.74) is 1.09. The van der Waals surface area contributed by atoms with Crippen LogP contribution in [0.4, 0.5) is 5.13 Å². The van der Waals surface area contributed by atoms with Crippen LogP contribution in [0.3, 0.4) is 0 Å². The average Bonchev–Trinajstić information content (AvgIpc) is 2.58. The Morgan fingerprint density at radius 3 is 2.93 bits per heavy atom. The van der Waals surface area contributed by atoms with E-state index in [-0.39, 0.29) is 0 Å². The smallest absolute Gasteiger partial charge is 0.182 e. The van der Waals surface area contributed by atoms with Crippen molar-refractivity contribution in [3.8, 4) is 0 Å². The molecule has 1 heterocycles. The van der Waals surface area contributed by atoms with Gasteiger partial charge in [0.25, 0.3) is 0 Å². The van der Waals surface area contributed by atoms with Crippen LogP contribution in [0.15, 0.2) is 5.38 Å². The minimum Gasteiger partial charge on any atom is -0.385 e. The topological polar surface area (TPSA) is 34.1 Å². The molecule has 0 spiro atoms. The molecule has 0 aliphatic heterocycles. The van der Waals surface area contributed by atoms with E-state index >= 15 is 0 Å². The first kappa shape index (κ1) is 11.5. The van der Waals surface area contributed by atoms with Gasteiger partial charge in [-0.05, 0) is 26.2 Å². The number of ether oxygens (including phenoxy) is 1. The Balaban J connectivity index is 1.99. The number of aromatic nitrogens is 1. The van der Waals surface area contributed by atoms with Crippen LogP contribution in [0, 0.1) is 6.92 Å². The Morgan fingerprint density at radius 2 is 2.29 bits per heavy atom. The molecule has 0 aliphatic carbocycles. The molecule has 1 aromatic heterocycles. The van der Waals surface area contributed by atoms with Crippen LogP contribution >= 0.6 is 11.3 Å². The molecule has 3 nitrogen and oxygen atoms in total. The zero-order chi connectivity index (χ0) is 10.2. The van der Waals surface area contributed by atoms with Crippen molar-refractivity contribution in [2.45, 2.75) is 26.2 Å². The second-order valence-electron chi connectivity index (χ2n) is 3.27. The predicted octanol–water partition coefficient (Wildman–Crippen LogP) is 2.68. The zero-order valence-electron chi connectivity index (χ0n) is 8.88. The lowest BCUT2D eigenvalue weighted by atomic mass is 10.2. The van der Waals surface area contributed by atoms with E-state index in [0.29, 0.717) is 0 Å². The summed E-state index contributed by atoms with van der Waals surface area (Å²) in [6.07, 6.45) is 3.54. The van der Waals surface area contributed by atoms with Gasteiger partial charge in [0.2, 0.25) is 0 Å². The number of anilines is 1. The van der Waals surface area contributed by atoms with Crippen LogP contribution < -0.4 is 5.32 Å². The second-order valence-corrected chi connectivity index (χ2v) is 4.13. The molecule has 0 radical (unpaired) electrons. The summed E-state index contributed by atoms with van der Waals surface area (Å²) in [5.74, 6) is 0. The molecule has 0 aliphatic rings. The number of aryl methyl sites for hydroxylation is 1. The third kappa shape index (κ3) is 4.58. The molecule has 14 heavy (non-hydrogen) atoms. The molecule has 0 aromatic carbocycles. The van der Waals surface area contributed by atoms with Crippen LogP contribution in [0.1, 0.15) is 25.0 Å². The molecule has 0 saturated carbocycles. The van der Waals surface area contributed by atoms with Crippen LogP contribution in [0.25, 0.3) is 0 Å². The third-order valence-corrected chi connectivity index (χ3v) is 2.84. The third-order valence-electron chi connectivity index (χ3n) is 1.92. The van der Waals surface area contributed by atoms with Gasteiger partial charge in [0.05, 0.1) is 5.69 Å². The van der Waals surface area contributed by atoms with Crippen molar-refractivity contribution in [1.82, 2.24) is 4.98 Å². The highest BCUT2D eigenvalue weighted by Gasteiger charge is 1.96. The van der Waals surface area contributed by atoms with Crippen molar-refractivity contribution in [1.29, 1.82) is 0 Å². The number of thiazole rings is 1. The Bertz CT molecular complexity index is 250. The van der Waals surface area contributed by atoms with E-state index in [0.717, 1.165) is 30.4 Å². The molecular weight excluding hydrogens is 196 g/mol. The molecule has 1 N–H and O–H groups in total. The van der Waals surface area contributed by atoms with Crippen LogP contribution in [-0.4, -0.2) is 25.2 Å². The van der Waals surface area contributed by atoms with Gasteiger partial charge in [-0.2, -0.15) is 0 Å². The number of nitrogens with one attached hydrogen (secondary N) is 1. The van der Waals surface area contributed by atoms with Gasteiger partial charge < -0.3 is 10.1 Å². The monoisotopic (exact) mass is 214 g/mol. The van der Waals surface area contributed by atoms with Gasteiger partial charge in [0.15, 0.2) is 5.13 Å². The van der Waals surface area contributed by atoms with E-state index < -0.39 is 0 Å². The molecule has 4 heteroatoms.